The van der Waals surface area contributed by atoms with Crippen LogP contribution in [0.3, 0.4) is 0 Å². The summed E-state index contributed by atoms with van der Waals surface area (Å²) in [7, 11) is 2.14. The van der Waals surface area contributed by atoms with Gasteiger partial charge in [0.25, 0.3) is 5.91 Å². The van der Waals surface area contributed by atoms with Gasteiger partial charge in [-0.3, -0.25) is 4.79 Å². The van der Waals surface area contributed by atoms with Crippen LogP contribution >= 0.6 is 22.9 Å². The zero-order valence-electron chi connectivity index (χ0n) is 15.3. The maximum atomic E-state index is 12.5. The molecule has 2 saturated heterocycles. The minimum Gasteiger partial charge on any atom is -0.353 e. The van der Waals surface area contributed by atoms with Crippen molar-refractivity contribution in [3.63, 3.8) is 0 Å². The van der Waals surface area contributed by atoms with Crippen molar-refractivity contribution in [2.24, 2.45) is 0 Å². The van der Waals surface area contributed by atoms with Crippen molar-refractivity contribution in [3.05, 3.63) is 33.5 Å². The number of nitrogens with zero attached hydrogens (tertiary/aromatic N) is 6. The summed E-state index contributed by atoms with van der Waals surface area (Å²) in [6, 6.07) is 7.66. The molecule has 9 heteroatoms. The van der Waals surface area contributed by atoms with Gasteiger partial charge in [0.05, 0.1) is 9.21 Å². The van der Waals surface area contributed by atoms with E-state index in [2.05, 4.69) is 38.0 Å². The van der Waals surface area contributed by atoms with Crippen molar-refractivity contribution in [2.45, 2.75) is 0 Å². The van der Waals surface area contributed by atoms with E-state index >= 15 is 0 Å². The third kappa shape index (κ3) is 4.17. The molecule has 0 unspecified atom stereocenters. The van der Waals surface area contributed by atoms with Crippen LogP contribution in [0.25, 0.3) is 0 Å². The predicted molar refractivity (Wildman–Crippen MR) is 109 cm³/mol. The Kier molecular flexibility index (Phi) is 5.47. The summed E-state index contributed by atoms with van der Waals surface area (Å²) in [5, 5.41) is 8.86. The quantitative estimate of drug-likeness (QED) is 0.776. The van der Waals surface area contributed by atoms with Gasteiger partial charge in [-0.25, -0.2) is 0 Å². The summed E-state index contributed by atoms with van der Waals surface area (Å²) < 4.78 is 0.646. The number of likely N-dealkylation sites (N-methyl/N-ethyl adjacent to an activating group) is 1. The number of amides is 1. The maximum absolute atomic E-state index is 12.5. The van der Waals surface area contributed by atoms with Gasteiger partial charge in [-0.05, 0) is 31.3 Å². The fraction of sp³-hybridized carbons (Fsp3) is 0.500. The molecule has 2 fully saturated rings. The molecule has 0 bridgehead atoms. The average molecular weight is 407 g/mol. The first-order valence-corrected chi connectivity index (χ1v) is 10.4. The highest BCUT2D eigenvalue weighted by Crippen LogP contribution is 2.24. The van der Waals surface area contributed by atoms with Gasteiger partial charge in [0, 0.05) is 52.4 Å². The molecule has 0 N–H and O–H groups in total. The van der Waals surface area contributed by atoms with E-state index in [1.54, 1.807) is 12.1 Å². The predicted octanol–water partition coefficient (Wildman–Crippen LogP) is 1.91. The van der Waals surface area contributed by atoms with Crippen LogP contribution < -0.4 is 9.80 Å². The zero-order chi connectivity index (χ0) is 18.8. The molecule has 0 aliphatic carbocycles. The van der Waals surface area contributed by atoms with E-state index < -0.39 is 0 Å². The van der Waals surface area contributed by atoms with Crippen molar-refractivity contribution < 1.29 is 4.79 Å². The van der Waals surface area contributed by atoms with Gasteiger partial charge in [-0.2, -0.15) is 0 Å². The van der Waals surface area contributed by atoms with Crippen LogP contribution in [0.5, 0.6) is 0 Å². The monoisotopic (exact) mass is 406 g/mol. The van der Waals surface area contributed by atoms with Crippen molar-refractivity contribution >= 4 is 40.5 Å². The number of hydrogen-bond donors (Lipinski definition) is 0. The highest BCUT2D eigenvalue weighted by molar-refractivity contribution is 7.17. The fourth-order valence-corrected chi connectivity index (χ4v) is 4.43. The lowest BCUT2D eigenvalue weighted by molar-refractivity contribution is 0.0751. The van der Waals surface area contributed by atoms with E-state index in [9.17, 15) is 4.79 Å². The van der Waals surface area contributed by atoms with Crippen LogP contribution in [0, 0.1) is 0 Å². The number of hydrogen-bond acceptors (Lipinski definition) is 7. The second kappa shape index (κ2) is 8.00. The van der Waals surface area contributed by atoms with E-state index in [4.69, 9.17) is 11.6 Å². The number of carbonyl (C=O) groups excluding carboxylic acids is 1. The summed E-state index contributed by atoms with van der Waals surface area (Å²) in [4.78, 5) is 21.9. The molecule has 0 radical (unpaired) electrons. The van der Waals surface area contributed by atoms with Crippen LogP contribution in [-0.2, 0) is 0 Å². The normalized spacial score (nSPS) is 18.8. The number of carbonyl (C=O) groups is 1. The Labute approximate surface area is 168 Å². The second-order valence-corrected chi connectivity index (χ2v) is 8.64. The molecule has 0 aromatic carbocycles. The molecule has 7 nitrogen and oxygen atoms in total. The number of thiophene rings is 1. The number of piperazine rings is 2. The molecule has 4 heterocycles. The Hall–Kier alpha value is -1.90. The van der Waals surface area contributed by atoms with Crippen LogP contribution in [-0.4, -0.2) is 85.3 Å². The summed E-state index contributed by atoms with van der Waals surface area (Å²) in [6.45, 7) is 6.94. The van der Waals surface area contributed by atoms with Gasteiger partial charge in [0.2, 0.25) is 0 Å². The lowest BCUT2D eigenvalue weighted by Gasteiger charge is -2.35. The molecular weight excluding hydrogens is 384 g/mol. The van der Waals surface area contributed by atoms with E-state index in [1.807, 2.05) is 11.0 Å². The summed E-state index contributed by atoms with van der Waals surface area (Å²) >= 11 is 7.27. The van der Waals surface area contributed by atoms with Gasteiger partial charge in [-0.15, -0.1) is 21.5 Å². The lowest BCUT2D eigenvalue weighted by Crippen LogP contribution is -2.49. The van der Waals surface area contributed by atoms with Crippen molar-refractivity contribution in [3.8, 4) is 0 Å². The molecule has 2 aromatic heterocycles. The highest BCUT2D eigenvalue weighted by atomic mass is 35.5. The number of anilines is 2. The first kappa shape index (κ1) is 18.5. The topological polar surface area (TPSA) is 55.8 Å². The Morgan fingerprint density at radius 2 is 1.44 bits per heavy atom. The maximum Gasteiger partial charge on any atom is 0.264 e. The Morgan fingerprint density at radius 1 is 0.889 bits per heavy atom. The molecular formula is C18H23ClN6OS. The zero-order valence-corrected chi connectivity index (χ0v) is 16.9. The van der Waals surface area contributed by atoms with E-state index in [-0.39, 0.29) is 5.91 Å². The highest BCUT2D eigenvalue weighted by Gasteiger charge is 2.24. The number of rotatable bonds is 3. The number of aromatic nitrogens is 2. The Balaban J connectivity index is 1.33. The fourth-order valence-electron chi connectivity index (χ4n) is 3.41. The third-order valence-electron chi connectivity index (χ3n) is 5.14. The first-order valence-electron chi connectivity index (χ1n) is 9.17. The molecule has 0 saturated carbocycles. The SMILES string of the molecule is CN1CCN(c2ccc(N3CCN(C(=O)c4ccc(Cl)s4)CC3)nn2)CC1. The smallest absolute Gasteiger partial charge is 0.264 e. The van der Waals surface area contributed by atoms with Gasteiger partial charge in [-0.1, -0.05) is 11.6 Å². The van der Waals surface area contributed by atoms with Crippen LogP contribution in [0.2, 0.25) is 4.34 Å². The molecule has 2 aliphatic heterocycles. The first-order chi connectivity index (χ1) is 13.1. The Morgan fingerprint density at radius 3 is 1.93 bits per heavy atom. The van der Waals surface area contributed by atoms with Gasteiger partial charge in [0.15, 0.2) is 11.6 Å². The third-order valence-corrected chi connectivity index (χ3v) is 6.36. The number of halogens is 1. The summed E-state index contributed by atoms with van der Waals surface area (Å²) in [5.74, 6) is 1.87. The van der Waals surface area contributed by atoms with Crippen LogP contribution in [0.4, 0.5) is 11.6 Å². The minimum absolute atomic E-state index is 0.0584. The van der Waals surface area contributed by atoms with Crippen LogP contribution in [0.1, 0.15) is 9.67 Å². The molecule has 2 aromatic rings. The molecule has 1 amide bonds. The average Bonchev–Trinajstić information content (AvgIpc) is 3.15. The van der Waals surface area contributed by atoms with Crippen molar-refractivity contribution in [1.29, 1.82) is 0 Å². The molecule has 144 valence electrons. The minimum atomic E-state index is 0.0584. The second-order valence-electron chi connectivity index (χ2n) is 6.92. The molecule has 4 rings (SSSR count). The summed E-state index contributed by atoms with van der Waals surface area (Å²) in [6.07, 6.45) is 0. The van der Waals surface area contributed by atoms with Crippen molar-refractivity contribution in [2.75, 3.05) is 69.2 Å². The van der Waals surface area contributed by atoms with E-state index in [0.717, 1.165) is 50.9 Å². The van der Waals surface area contributed by atoms with E-state index in [0.29, 0.717) is 22.3 Å². The largest absolute Gasteiger partial charge is 0.353 e. The van der Waals surface area contributed by atoms with Crippen molar-refractivity contribution in [1.82, 2.24) is 20.0 Å². The van der Waals surface area contributed by atoms with Crippen LogP contribution in [0.15, 0.2) is 24.3 Å². The lowest BCUT2D eigenvalue weighted by atomic mass is 10.3. The molecule has 27 heavy (non-hydrogen) atoms. The van der Waals surface area contributed by atoms with Gasteiger partial charge in [0.1, 0.15) is 0 Å². The molecule has 0 spiro atoms. The van der Waals surface area contributed by atoms with Gasteiger partial charge >= 0.3 is 0 Å². The van der Waals surface area contributed by atoms with E-state index in [1.165, 1.54) is 11.3 Å². The Bertz CT molecular complexity index is 781. The standard InChI is InChI=1S/C18H23ClN6OS/c1-22-6-8-23(9-7-22)16-4-5-17(21-20-16)24-10-12-25(13-11-24)18(26)14-2-3-15(19)27-14/h2-5H,6-13H2,1H3. The van der Waals surface area contributed by atoms with Gasteiger partial charge < -0.3 is 19.6 Å². The molecule has 2 aliphatic rings. The summed E-state index contributed by atoms with van der Waals surface area (Å²) in [5.41, 5.74) is 0. The molecule has 0 atom stereocenters.